The molecule has 1 fully saturated rings. The maximum Gasteiger partial charge on any atom is 0.389 e. The van der Waals surface area contributed by atoms with Crippen LogP contribution >= 0.6 is 0 Å². The Bertz CT molecular complexity index is 295. The van der Waals surface area contributed by atoms with E-state index in [1.165, 1.54) is 0 Å². The van der Waals surface area contributed by atoms with Gasteiger partial charge in [0.1, 0.15) is 0 Å². The first-order valence-electron chi connectivity index (χ1n) is 7.46. The minimum atomic E-state index is -4.09. The zero-order valence-corrected chi connectivity index (χ0v) is 11.8. The van der Waals surface area contributed by atoms with Crippen LogP contribution in [0, 0.1) is 5.92 Å². The Morgan fingerprint density at radius 1 is 1.25 bits per heavy atom. The predicted octanol–water partition coefficient (Wildman–Crippen LogP) is 3.13. The van der Waals surface area contributed by atoms with E-state index in [0.29, 0.717) is 25.3 Å². The highest BCUT2D eigenvalue weighted by Crippen LogP contribution is 2.26. The first-order valence-corrected chi connectivity index (χ1v) is 7.46. The van der Waals surface area contributed by atoms with E-state index in [-0.39, 0.29) is 18.4 Å². The zero-order chi connectivity index (χ0) is 15.0. The number of hydrogen-bond donors (Lipinski definition) is 2. The summed E-state index contributed by atoms with van der Waals surface area (Å²) >= 11 is 0. The smallest absolute Gasteiger partial charge is 0.356 e. The Balaban J connectivity index is 2.00. The number of alkyl halides is 3. The van der Waals surface area contributed by atoms with Gasteiger partial charge in [-0.25, -0.2) is 0 Å². The minimum Gasteiger partial charge on any atom is -0.356 e. The van der Waals surface area contributed by atoms with Gasteiger partial charge in [0.25, 0.3) is 0 Å². The number of halogens is 3. The topological polar surface area (TPSA) is 55.1 Å². The van der Waals surface area contributed by atoms with Crippen LogP contribution in [0.5, 0.6) is 0 Å². The van der Waals surface area contributed by atoms with Crippen LogP contribution in [0.25, 0.3) is 0 Å². The molecular formula is C14H25F3N2O. The monoisotopic (exact) mass is 294 g/mol. The van der Waals surface area contributed by atoms with Gasteiger partial charge in [0, 0.05) is 25.4 Å². The van der Waals surface area contributed by atoms with E-state index in [4.69, 9.17) is 5.73 Å². The van der Waals surface area contributed by atoms with Crippen LogP contribution in [0.4, 0.5) is 13.2 Å². The van der Waals surface area contributed by atoms with Gasteiger partial charge in [-0.2, -0.15) is 13.2 Å². The lowest BCUT2D eigenvalue weighted by Gasteiger charge is -2.26. The third-order valence-corrected chi connectivity index (χ3v) is 3.81. The third kappa shape index (κ3) is 8.40. The minimum absolute atomic E-state index is 0.0591. The summed E-state index contributed by atoms with van der Waals surface area (Å²) in [7, 11) is 0. The molecule has 2 unspecified atom stereocenters. The van der Waals surface area contributed by atoms with Crippen LogP contribution in [-0.2, 0) is 4.79 Å². The van der Waals surface area contributed by atoms with E-state index < -0.39 is 12.6 Å². The van der Waals surface area contributed by atoms with Crippen LogP contribution in [0.15, 0.2) is 0 Å². The lowest BCUT2D eigenvalue weighted by atomic mass is 9.83. The second-order valence-electron chi connectivity index (χ2n) is 5.75. The maximum atomic E-state index is 11.9. The molecule has 1 aliphatic carbocycles. The van der Waals surface area contributed by atoms with Gasteiger partial charge >= 0.3 is 6.18 Å². The summed E-state index contributed by atoms with van der Waals surface area (Å²) in [4.78, 5) is 11.6. The number of nitrogens with one attached hydrogen (secondary N) is 1. The molecule has 118 valence electrons. The highest BCUT2D eigenvalue weighted by atomic mass is 19.4. The fraction of sp³-hybridized carbons (Fsp3) is 0.929. The van der Waals surface area contributed by atoms with Crippen molar-refractivity contribution in [2.24, 2.45) is 11.7 Å². The predicted molar refractivity (Wildman–Crippen MR) is 72.1 cm³/mol. The summed E-state index contributed by atoms with van der Waals surface area (Å²) in [5.41, 5.74) is 5.89. The second-order valence-corrected chi connectivity index (χ2v) is 5.75. The largest absolute Gasteiger partial charge is 0.389 e. The van der Waals surface area contributed by atoms with Gasteiger partial charge in [0.05, 0.1) is 0 Å². The molecule has 1 rings (SSSR count). The molecule has 1 aliphatic rings. The third-order valence-electron chi connectivity index (χ3n) is 3.81. The van der Waals surface area contributed by atoms with E-state index in [0.717, 1.165) is 32.1 Å². The van der Waals surface area contributed by atoms with Gasteiger partial charge in [-0.15, -0.1) is 0 Å². The number of hydrogen-bond acceptors (Lipinski definition) is 2. The van der Waals surface area contributed by atoms with Crippen molar-refractivity contribution in [2.45, 2.75) is 70.0 Å². The standard InChI is InChI=1S/C14H25F3N2O/c15-14(16,17)8-1-2-9-19-13(20)7-6-11-4-3-5-12(18)10-11/h11-12H,1-10,18H2,(H,19,20). The summed E-state index contributed by atoms with van der Waals surface area (Å²) in [6.07, 6.45) is 1.18. The Hall–Kier alpha value is -0.780. The lowest BCUT2D eigenvalue weighted by molar-refractivity contribution is -0.135. The fourth-order valence-electron chi connectivity index (χ4n) is 2.70. The lowest BCUT2D eigenvalue weighted by Crippen LogP contribution is -2.29. The summed E-state index contributed by atoms with van der Waals surface area (Å²) in [6.45, 7) is 0.332. The van der Waals surface area contributed by atoms with Gasteiger partial charge < -0.3 is 11.1 Å². The van der Waals surface area contributed by atoms with Crippen LogP contribution in [0.1, 0.15) is 57.8 Å². The maximum absolute atomic E-state index is 11.9. The quantitative estimate of drug-likeness (QED) is 0.709. The van der Waals surface area contributed by atoms with Crippen LogP contribution < -0.4 is 11.1 Å². The zero-order valence-electron chi connectivity index (χ0n) is 11.8. The Kier molecular flexibility index (Phi) is 7.34. The molecule has 0 saturated heterocycles. The molecule has 0 bridgehead atoms. The summed E-state index contributed by atoms with van der Waals surface area (Å²) < 4.78 is 35.7. The number of amides is 1. The van der Waals surface area contributed by atoms with E-state index >= 15 is 0 Å². The average molecular weight is 294 g/mol. The molecule has 1 saturated carbocycles. The van der Waals surface area contributed by atoms with Crippen LogP contribution in [-0.4, -0.2) is 24.7 Å². The first kappa shape index (κ1) is 17.3. The number of unbranched alkanes of at least 4 members (excludes halogenated alkanes) is 1. The molecule has 3 N–H and O–H groups in total. The molecule has 2 atom stereocenters. The van der Waals surface area contributed by atoms with Crippen molar-refractivity contribution in [2.75, 3.05) is 6.54 Å². The van der Waals surface area contributed by atoms with Crippen molar-refractivity contribution < 1.29 is 18.0 Å². The fourth-order valence-corrected chi connectivity index (χ4v) is 2.70. The van der Waals surface area contributed by atoms with Gasteiger partial charge in [0.2, 0.25) is 5.91 Å². The van der Waals surface area contributed by atoms with E-state index in [1.54, 1.807) is 0 Å². The molecule has 1 amide bonds. The first-order chi connectivity index (χ1) is 9.37. The normalized spacial score (nSPS) is 23.6. The van der Waals surface area contributed by atoms with Gasteiger partial charge in [-0.3, -0.25) is 4.79 Å². The molecule has 6 heteroatoms. The van der Waals surface area contributed by atoms with E-state index in [9.17, 15) is 18.0 Å². The van der Waals surface area contributed by atoms with Crippen molar-refractivity contribution in [3.8, 4) is 0 Å². The number of nitrogens with two attached hydrogens (primary N) is 1. The molecule has 0 aliphatic heterocycles. The molecule has 0 radical (unpaired) electrons. The molecule has 0 heterocycles. The number of carbonyl (C=O) groups excluding carboxylic acids is 1. The van der Waals surface area contributed by atoms with Crippen molar-refractivity contribution >= 4 is 5.91 Å². The second kappa shape index (κ2) is 8.49. The molecule has 0 aromatic rings. The highest BCUT2D eigenvalue weighted by Gasteiger charge is 2.25. The number of rotatable bonds is 7. The molecular weight excluding hydrogens is 269 g/mol. The summed E-state index contributed by atoms with van der Waals surface area (Å²) in [6, 6.07) is 0.263. The Morgan fingerprint density at radius 2 is 2.00 bits per heavy atom. The Labute approximate surface area is 118 Å². The van der Waals surface area contributed by atoms with Crippen molar-refractivity contribution in [3.63, 3.8) is 0 Å². The highest BCUT2D eigenvalue weighted by molar-refractivity contribution is 5.75. The van der Waals surface area contributed by atoms with E-state index in [1.807, 2.05) is 0 Å². The molecule has 20 heavy (non-hydrogen) atoms. The molecule has 0 aromatic heterocycles. The molecule has 3 nitrogen and oxygen atoms in total. The van der Waals surface area contributed by atoms with Crippen molar-refractivity contribution in [3.05, 3.63) is 0 Å². The van der Waals surface area contributed by atoms with Crippen LogP contribution in [0.2, 0.25) is 0 Å². The summed E-state index contributed by atoms with van der Waals surface area (Å²) in [5.74, 6) is 0.464. The number of carbonyl (C=O) groups is 1. The van der Waals surface area contributed by atoms with E-state index in [2.05, 4.69) is 5.32 Å². The van der Waals surface area contributed by atoms with Crippen molar-refractivity contribution in [1.29, 1.82) is 0 Å². The van der Waals surface area contributed by atoms with Crippen LogP contribution in [0.3, 0.4) is 0 Å². The van der Waals surface area contributed by atoms with Gasteiger partial charge in [-0.1, -0.05) is 12.8 Å². The van der Waals surface area contributed by atoms with Crippen molar-refractivity contribution in [1.82, 2.24) is 5.32 Å². The SMILES string of the molecule is NC1CCCC(CCC(=O)NCCCCC(F)(F)F)C1. The Morgan fingerprint density at radius 3 is 2.65 bits per heavy atom. The van der Waals surface area contributed by atoms with Gasteiger partial charge in [-0.05, 0) is 38.0 Å². The van der Waals surface area contributed by atoms with Gasteiger partial charge in [0.15, 0.2) is 0 Å². The molecule has 0 aromatic carbocycles. The molecule has 0 spiro atoms. The summed E-state index contributed by atoms with van der Waals surface area (Å²) in [5, 5.41) is 2.68. The average Bonchev–Trinajstić information content (AvgIpc) is 2.35.